The lowest BCUT2D eigenvalue weighted by Crippen LogP contribution is -2.33. The number of aryl methyl sites for hydroxylation is 2. The first kappa shape index (κ1) is 86.4. The van der Waals surface area contributed by atoms with E-state index in [0.717, 1.165) is 239 Å². The number of carbonyl (C=O) groups is 8. The monoisotopic (exact) mass is 1530 g/mol. The van der Waals surface area contributed by atoms with Gasteiger partial charge in [-0.15, -0.1) is 0 Å². The number of carbonyl (C=O) groups excluding carboxylic acids is 8. The van der Waals surface area contributed by atoms with E-state index >= 15 is 30.7 Å². The van der Waals surface area contributed by atoms with Gasteiger partial charge in [0.1, 0.15) is 29.1 Å². The Balaban J connectivity index is 1.03. The second-order valence-electron chi connectivity index (χ2n) is 27.6. The molecule has 7 aromatic carbocycles. The molecule has 26 heteroatoms. The third kappa shape index (κ3) is 24.6. The summed E-state index contributed by atoms with van der Waals surface area (Å²) in [5.74, 6) is -18.4. The minimum Gasteiger partial charge on any atom is -0.339 e. The van der Waals surface area contributed by atoms with Crippen LogP contribution in [0.1, 0.15) is 276 Å². The maximum atomic E-state index is 16.6. The number of anilines is 6. The second-order valence-corrected chi connectivity index (χ2v) is 27.6. The molecule has 0 atom stereocenters. The second kappa shape index (κ2) is 43.4. The third-order valence-electron chi connectivity index (χ3n) is 18.8. The average Bonchev–Trinajstić information content (AvgIpc) is 0.789. The third-order valence-corrected chi connectivity index (χ3v) is 18.8. The normalized spacial score (nSPS) is 11.1. The summed E-state index contributed by atoms with van der Waals surface area (Å²) in [6.07, 6.45) is 23.9. The fourth-order valence-electron chi connectivity index (χ4n) is 12.7. The highest BCUT2D eigenvalue weighted by Crippen LogP contribution is 2.33. The van der Waals surface area contributed by atoms with Gasteiger partial charge in [-0.2, -0.15) is 0 Å². The van der Waals surface area contributed by atoms with E-state index < -0.39 is 154 Å². The summed E-state index contributed by atoms with van der Waals surface area (Å²) in [6.45, 7) is 13.1. The Labute approximate surface area is 637 Å². The molecule has 0 aliphatic rings. The largest absolute Gasteiger partial charge is 0.339 e. The van der Waals surface area contributed by atoms with Crippen molar-refractivity contribution in [3.63, 3.8) is 0 Å². The highest BCUT2D eigenvalue weighted by molar-refractivity contribution is 6.13. The fraction of sp³-hybridized carbons (Fsp3) is 0.405. The van der Waals surface area contributed by atoms with Gasteiger partial charge in [0.15, 0.2) is 11.6 Å². The van der Waals surface area contributed by atoms with Gasteiger partial charge in [0.25, 0.3) is 52.9 Å². The zero-order chi connectivity index (χ0) is 80.0. The van der Waals surface area contributed by atoms with Crippen molar-refractivity contribution in [1.29, 1.82) is 0 Å². The molecule has 0 aliphatic heterocycles. The number of nitro groups is 1. The molecule has 6 N–H and O–H groups in total. The van der Waals surface area contributed by atoms with Crippen LogP contribution < -0.4 is 31.9 Å². The van der Waals surface area contributed by atoms with Crippen molar-refractivity contribution < 1.29 is 74.0 Å². The summed E-state index contributed by atoms with van der Waals surface area (Å²) >= 11 is 0. The van der Waals surface area contributed by atoms with Crippen molar-refractivity contribution in [3.8, 4) is 0 Å². The number of non-ortho nitro benzene ring substituents is 1. The van der Waals surface area contributed by atoms with Gasteiger partial charge in [0, 0.05) is 49.4 Å². The van der Waals surface area contributed by atoms with E-state index in [0.29, 0.717) is 38.3 Å². The number of nitro benzene ring substituents is 1. The van der Waals surface area contributed by atoms with E-state index in [9.17, 15) is 48.5 Å². The molecule has 0 aromatic heterocycles. The summed E-state index contributed by atoms with van der Waals surface area (Å²) in [5, 5.41) is 25.3. The van der Waals surface area contributed by atoms with Gasteiger partial charge in [0.05, 0.1) is 72.4 Å². The van der Waals surface area contributed by atoms with Crippen LogP contribution in [0.2, 0.25) is 0 Å². The summed E-state index contributed by atoms with van der Waals surface area (Å²) in [4.78, 5) is 125. The van der Waals surface area contributed by atoms with E-state index in [-0.39, 0.29) is 34.1 Å². The van der Waals surface area contributed by atoms with Gasteiger partial charge >= 0.3 is 0 Å². The van der Waals surface area contributed by atoms with E-state index in [2.05, 4.69) is 59.6 Å². The maximum Gasteiger partial charge on any atom is 0.271 e. The molecular weight excluding hydrogens is 1430 g/mol. The fourth-order valence-corrected chi connectivity index (χ4v) is 12.7. The summed E-state index contributed by atoms with van der Waals surface area (Å²) < 4.78 is 113. The molecule has 0 radical (unpaired) electrons. The van der Waals surface area contributed by atoms with E-state index in [4.69, 9.17) is 0 Å². The van der Waals surface area contributed by atoms with Crippen LogP contribution in [0.4, 0.5) is 70.5 Å². The number of halogens is 7. The number of amides is 8. The van der Waals surface area contributed by atoms with Crippen molar-refractivity contribution >= 4 is 87.1 Å². The smallest absolute Gasteiger partial charge is 0.271 e. The van der Waals surface area contributed by atoms with Crippen LogP contribution in [0.5, 0.6) is 0 Å². The SMILES string of the molecule is CCCCCCCCN(CCCCCCCC)C(=O)c1ccc(F)c(NC(=O)c2cccc(C(=O)Nc3cc(C)cc(NC(=O)c4cc([N+](=O)[O-])cc(C(=O)Nc5cc(C)cc(NC(=O)c6cccc(C(=O)Nc7cc(C(=O)N(CCCCCCCC)CCCCCCCC)ccc7F)c6F)c5F)c4F)c3F)c2F)c1. The van der Waals surface area contributed by atoms with Crippen LogP contribution >= 0.6 is 0 Å². The Morgan fingerprint density at radius 1 is 0.318 bits per heavy atom. The van der Waals surface area contributed by atoms with Gasteiger partial charge < -0.3 is 41.7 Å². The minimum atomic E-state index is -1.74. The highest BCUT2D eigenvalue weighted by Gasteiger charge is 2.30. The molecule has 588 valence electrons. The Kier molecular flexibility index (Phi) is 34.1. The van der Waals surface area contributed by atoms with Gasteiger partial charge in [-0.25, -0.2) is 30.7 Å². The molecule has 8 amide bonds. The van der Waals surface area contributed by atoms with Gasteiger partial charge in [0.2, 0.25) is 0 Å². The van der Waals surface area contributed by atoms with Crippen LogP contribution in [-0.2, 0) is 0 Å². The zero-order valence-electron chi connectivity index (χ0n) is 63.3. The van der Waals surface area contributed by atoms with E-state index in [1.807, 2.05) is 0 Å². The summed E-state index contributed by atoms with van der Waals surface area (Å²) in [5.41, 5.74) is -10.1. The molecule has 19 nitrogen and oxygen atoms in total. The predicted octanol–water partition coefficient (Wildman–Crippen LogP) is 21.0. The molecule has 0 spiro atoms. The number of hydrogen-bond acceptors (Lipinski definition) is 10. The predicted molar refractivity (Wildman–Crippen MR) is 414 cm³/mol. The average molecular weight is 1530 g/mol. The molecule has 7 aromatic rings. The Hall–Kier alpha value is -10.8. The number of nitrogens with zero attached hydrogens (tertiary/aromatic N) is 3. The molecule has 0 saturated heterocycles. The molecule has 0 heterocycles. The van der Waals surface area contributed by atoms with Crippen LogP contribution in [0.25, 0.3) is 0 Å². The molecule has 110 heavy (non-hydrogen) atoms. The van der Waals surface area contributed by atoms with Crippen molar-refractivity contribution in [2.75, 3.05) is 58.1 Å². The number of hydrogen-bond donors (Lipinski definition) is 6. The minimum absolute atomic E-state index is 0.0779. The molecule has 0 fully saturated rings. The van der Waals surface area contributed by atoms with Gasteiger partial charge in [-0.3, -0.25) is 48.5 Å². The van der Waals surface area contributed by atoms with Crippen molar-refractivity contribution in [2.45, 2.75) is 196 Å². The molecule has 7 rings (SSSR count). The van der Waals surface area contributed by atoms with Gasteiger partial charge in [-0.1, -0.05) is 168 Å². The number of rotatable bonds is 43. The first-order valence-corrected chi connectivity index (χ1v) is 38.0. The molecular formula is C84H98F7N9O10. The first-order valence-electron chi connectivity index (χ1n) is 38.0. The standard InChI is InChI=1S/C84H98F7N9O10/c1-7-11-15-19-23-27-41-98(42-28-24-20-16-12-8-2)83(107)55-37-39-64(85)66(49-55)92-77(101)58-33-31-35-60(72(58)87)79(103)94-68-45-53(5)47-70(75(68)90)96-81(105)62-51-57(100(109)110)52-63(74(62)89)82(106)97-71-48-54(6)46-69(76(71)91)95-80(104)61-36-32-34-59(73(61)88)78(102)93-67-50-56(38-40-65(67)86)84(108)99(43-29-25-21-17-13-9-3)44-30-26-22-18-14-10-4/h31-40,45-52H,7-30,41-44H2,1-6H3,(H,92,101)(H,93,102)(H,94,103)(H,95,104)(H,96,105)(H,97,106). The quantitative estimate of drug-likeness (QED) is 0.00911. The lowest BCUT2D eigenvalue weighted by Gasteiger charge is -2.23. The Morgan fingerprint density at radius 2 is 0.564 bits per heavy atom. The molecule has 0 saturated carbocycles. The Morgan fingerprint density at radius 3 is 0.836 bits per heavy atom. The summed E-state index contributed by atoms with van der Waals surface area (Å²) in [7, 11) is 0. The maximum absolute atomic E-state index is 16.6. The molecule has 0 bridgehead atoms. The number of nitrogens with one attached hydrogen (secondary N) is 6. The lowest BCUT2D eigenvalue weighted by molar-refractivity contribution is -0.385. The number of benzene rings is 7. The first-order chi connectivity index (χ1) is 52.8. The zero-order valence-corrected chi connectivity index (χ0v) is 63.3. The van der Waals surface area contributed by atoms with Crippen LogP contribution in [0, 0.1) is 64.7 Å². The molecule has 0 aliphatic carbocycles. The van der Waals surface area contributed by atoms with Crippen LogP contribution in [0.3, 0.4) is 0 Å². The summed E-state index contributed by atoms with van der Waals surface area (Å²) in [6, 6.07) is 18.0. The topological polar surface area (TPSA) is 258 Å². The lowest BCUT2D eigenvalue weighted by atomic mass is 10.1. The Bertz CT molecular complexity index is 4140. The van der Waals surface area contributed by atoms with Crippen LogP contribution in [-0.4, -0.2) is 88.2 Å². The van der Waals surface area contributed by atoms with Gasteiger partial charge in [-0.05, 0) is 136 Å². The van der Waals surface area contributed by atoms with Crippen LogP contribution in [0.15, 0.2) is 109 Å². The van der Waals surface area contributed by atoms with E-state index in [1.54, 1.807) is 9.80 Å². The van der Waals surface area contributed by atoms with E-state index in [1.165, 1.54) is 26.0 Å². The molecule has 0 unspecified atom stereocenters. The highest BCUT2D eigenvalue weighted by atomic mass is 19.2. The van der Waals surface area contributed by atoms with Crippen molar-refractivity contribution in [3.05, 3.63) is 216 Å². The number of unbranched alkanes of at least 4 members (excludes halogenated alkanes) is 20. The van der Waals surface area contributed by atoms with Crippen molar-refractivity contribution in [2.24, 2.45) is 0 Å². The van der Waals surface area contributed by atoms with Crippen molar-refractivity contribution in [1.82, 2.24) is 9.80 Å².